The maximum Gasteiger partial charge on any atom is 0.213 e. The number of aromatic nitrogens is 1. The second-order valence-electron chi connectivity index (χ2n) is 14.9. The molecule has 0 fully saturated rings. The van der Waals surface area contributed by atoms with Crippen molar-refractivity contribution in [1.29, 1.82) is 0 Å². The van der Waals surface area contributed by atoms with E-state index in [1.807, 2.05) is 11.3 Å². The van der Waals surface area contributed by atoms with Gasteiger partial charge >= 0.3 is 0 Å². The molecule has 0 spiro atoms. The molecule has 0 bridgehead atoms. The third-order valence-corrected chi connectivity index (χ3v) is 12.8. The molecule has 3 nitrogen and oxygen atoms in total. The van der Waals surface area contributed by atoms with Gasteiger partial charge in [0.25, 0.3) is 0 Å². The highest BCUT2D eigenvalue weighted by Gasteiger charge is 2.21. The van der Waals surface area contributed by atoms with Crippen molar-refractivity contribution in [3.8, 4) is 27.9 Å². The summed E-state index contributed by atoms with van der Waals surface area (Å²) >= 11 is 1.86. The molecular formula is C54H34N2OS. The summed E-state index contributed by atoms with van der Waals surface area (Å²) in [7, 11) is 0. The van der Waals surface area contributed by atoms with E-state index in [1.54, 1.807) is 0 Å². The van der Waals surface area contributed by atoms with Gasteiger partial charge in [-0.3, -0.25) is 4.57 Å². The van der Waals surface area contributed by atoms with E-state index in [-0.39, 0.29) is 0 Å². The third-order valence-electron chi connectivity index (χ3n) is 11.6. The predicted molar refractivity (Wildman–Crippen MR) is 247 cm³/mol. The van der Waals surface area contributed by atoms with E-state index in [4.69, 9.17) is 4.42 Å². The molecule has 0 radical (unpaired) electrons. The Labute approximate surface area is 338 Å². The van der Waals surface area contributed by atoms with E-state index >= 15 is 0 Å². The number of rotatable bonds is 6. The number of fused-ring (bicyclic) bond motifs is 9. The maximum absolute atomic E-state index is 6.75. The number of para-hydroxylation sites is 2. The summed E-state index contributed by atoms with van der Waals surface area (Å²) in [6.07, 6.45) is 0. The van der Waals surface area contributed by atoms with Crippen LogP contribution in [0.15, 0.2) is 211 Å². The van der Waals surface area contributed by atoms with Crippen LogP contribution in [-0.4, -0.2) is 4.57 Å². The van der Waals surface area contributed by atoms with Crippen LogP contribution in [0.1, 0.15) is 0 Å². The smallest absolute Gasteiger partial charge is 0.213 e. The van der Waals surface area contributed by atoms with Gasteiger partial charge in [0.1, 0.15) is 5.58 Å². The molecule has 0 aliphatic heterocycles. The van der Waals surface area contributed by atoms with E-state index in [9.17, 15) is 0 Å². The lowest BCUT2D eigenvalue weighted by Gasteiger charge is -2.26. The monoisotopic (exact) mass is 758 g/mol. The van der Waals surface area contributed by atoms with E-state index in [0.717, 1.165) is 55.8 Å². The number of thiophene rings is 1. The van der Waals surface area contributed by atoms with Crippen LogP contribution in [0.4, 0.5) is 17.1 Å². The first kappa shape index (κ1) is 32.8. The molecule has 0 amide bonds. The van der Waals surface area contributed by atoms with Crippen LogP contribution in [0, 0.1) is 0 Å². The number of benzene rings is 9. The minimum Gasteiger partial charge on any atom is -0.439 e. The van der Waals surface area contributed by atoms with Gasteiger partial charge in [-0.15, -0.1) is 11.3 Å². The molecule has 0 atom stereocenters. The largest absolute Gasteiger partial charge is 0.439 e. The number of hydrogen-bond acceptors (Lipinski definition) is 3. The molecule has 0 aliphatic carbocycles. The third kappa shape index (κ3) is 5.12. The van der Waals surface area contributed by atoms with Crippen LogP contribution in [-0.2, 0) is 0 Å². The van der Waals surface area contributed by atoms with Gasteiger partial charge in [-0.25, -0.2) is 0 Å². The molecule has 0 unspecified atom stereocenters. The molecule has 3 aromatic heterocycles. The molecule has 12 rings (SSSR count). The van der Waals surface area contributed by atoms with Crippen LogP contribution < -0.4 is 4.90 Å². The minimum atomic E-state index is 0.868. The summed E-state index contributed by atoms with van der Waals surface area (Å²) in [6, 6.07) is 74.3. The first-order chi connectivity index (χ1) is 28.8. The lowest BCUT2D eigenvalue weighted by Crippen LogP contribution is -2.10. The summed E-state index contributed by atoms with van der Waals surface area (Å²) in [6.45, 7) is 0. The van der Waals surface area contributed by atoms with Gasteiger partial charge in [0.05, 0.1) is 21.3 Å². The predicted octanol–water partition coefficient (Wildman–Crippen LogP) is 15.9. The first-order valence-corrected chi connectivity index (χ1v) is 20.5. The molecule has 0 saturated carbocycles. The fourth-order valence-electron chi connectivity index (χ4n) is 8.91. The van der Waals surface area contributed by atoms with Crippen molar-refractivity contribution in [2.45, 2.75) is 0 Å². The van der Waals surface area contributed by atoms with Crippen LogP contribution in [0.3, 0.4) is 0 Å². The molecule has 58 heavy (non-hydrogen) atoms. The zero-order valence-corrected chi connectivity index (χ0v) is 32.2. The van der Waals surface area contributed by atoms with Gasteiger partial charge in [0.2, 0.25) is 5.71 Å². The topological polar surface area (TPSA) is 21.3 Å². The number of furan rings is 1. The van der Waals surface area contributed by atoms with Crippen molar-refractivity contribution in [2.75, 3.05) is 4.90 Å². The lowest BCUT2D eigenvalue weighted by molar-refractivity contribution is 0.645. The fourth-order valence-corrected chi connectivity index (χ4v) is 10.1. The fraction of sp³-hybridized carbons (Fsp3) is 0. The highest BCUT2D eigenvalue weighted by atomic mass is 32.1. The van der Waals surface area contributed by atoms with Crippen LogP contribution in [0.25, 0.3) is 91.9 Å². The second-order valence-corrected chi connectivity index (χ2v) is 15.9. The highest BCUT2D eigenvalue weighted by molar-refractivity contribution is 7.26. The zero-order chi connectivity index (χ0) is 38.2. The van der Waals surface area contributed by atoms with Crippen molar-refractivity contribution in [2.24, 2.45) is 0 Å². The summed E-state index contributed by atoms with van der Waals surface area (Å²) < 4.78 is 11.5. The lowest BCUT2D eigenvalue weighted by atomic mass is 9.98. The summed E-state index contributed by atoms with van der Waals surface area (Å²) in [5.74, 6) is 0. The Morgan fingerprint density at radius 1 is 0.448 bits per heavy atom. The Hall–Kier alpha value is -7.40. The van der Waals surface area contributed by atoms with Crippen LogP contribution in [0.5, 0.6) is 0 Å². The van der Waals surface area contributed by atoms with E-state index in [1.165, 1.54) is 53.1 Å². The van der Waals surface area contributed by atoms with E-state index in [0.29, 0.717) is 0 Å². The Bertz CT molecular complexity index is 3500. The Kier molecular flexibility index (Phi) is 7.40. The molecule has 0 saturated heterocycles. The molecule has 12 aromatic rings. The van der Waals surface area contributed by atoms with Crippen molar-refractivity contribution < 1.29 is 4.42 Å². The van der Waals surface area contributed by atoms with Crippen LogP contribution in [0.2, 0.25) is 0 Å². The van der Waals surface area contributed by atoms with Crippen molar-refractivity contribution in [3.63, 3.8) is 0 Å². The molecule has 3 heterocycles. The average molecular weight is 759 g/mol. The molecule has 4 heteroatoms. The summed E-state index contributed by atoms with van der Waals surface area (Å²) in [5.41, 5.74) is 12.0. The van der Waals surface area contributed by atoms with Gasteiger partial charge in [-0.05, 0) is 99.8 Å². The van der Waals surface area contributed by atoms with Gasteiger partial charge in [0.15, 0.2) is 0 Å². The molecule has 0 N–H and O–H groups in total. The minimum absolute atomic E-state index is 0.868. The Morgan fingerprint density at radius 3 is 1.91 bits per heavy atom. The molecule has 272 valence electrons. The highest BCUT2D eigenvalue weighted by Crippen LogP contribution is 2.46. The second kappa shape index (κ2) is 13.1. The quantitative estimate of drug-likeness (QED) is 0.168. The summed E-state index contributed by atoms with van der Waals surface area (Å²) in [5, 5.41) is 8.54. The first-order valence-electron chi connectivity index (χ1n) is 19.7. The van der Waals surface area contributed by atoms with Gasteiger partial charge in [0, 0.05) is 43.3 Å². The SMILES string of the molecule is c1ccc(-n2c3ccccc3c3c4ccc(-c5ccc(N(c6ccc(-c7cccc8ccccc78)cc6)c6cccc7c6sc6ccccc67)cc5)cc4oc32)cc1. The Morgan fingerprint density at radius 2 is 1.09 bits per heavy atom. The normalized spacial score (nSPS) is 11.8. The number of nitrogens with zero attached hydrogens (tertiary/aromatic N) is 2. The molecule has 0 aliphatic rings. The molecular weight excluding hydrogens is 725 g/mol. The van der Waals surface area contributed by atoms with Crippen molar-refractivity contribution >= 4 is 92.3 Å². The van der Waals surface area contributed by atoms with E-state index in [2.05, 4.69) is 216 Å². The van der Waals surface area contributed by atoms with Gasteiger partial charge < -0.3 is 9.32 Å². The van der Waals surface area contributed by atoms with Crippen molar-refractivity contribution in [1.82, 2.24) is 4.57 Å². The Balaban J connectivity index is 0.971. The standard InChI is InChI=1S/C54H34N2OS/c1-2-14-39(15-3-1)56-48-21-8-6-18-46(48)52-47-33-28-38(34-50(47)57-54(52)56)35-24-29-40(30-25-35)55(49-22-11-20-45-44-17-7-9-23-51(44)58-53(45)49)41-31-26-37(27-32-41)43-19-10-13-36-12-4-5-16-42(36)43/h1-34H. The van der Waals surface area contributed by atoms with E-state index < -0.39 is 0 Å². The summed E-state index contributed by atoms with van der Waals surface area (Å²) in [4.78, 5) is 2.41. The van der Waals surface area contributed by atoms with Gasteiger partial charge in [-0.1, -0.05) is 140 Å². The van der Waals surface area contributed by atoms with Crippen molar-refractivity contribution in [3.05, 3.63) is 206 Å². The molecule has 9 aromatic carbocycles. The van der Waals surface area contributed by atoms with Gasteiger partial charge in [-0.2, -0.15) is 0 Å². The van der Waals surface area contributed by atoms with Crippen LogP contribution >= 0.6 is 11.3 Å². The number of anilines is 3. The maximum atomic E-state index is 6.75. The number of hydrogen-bond donors (Lipinski definition) is 0. The zero-order valence-electron chi connectivity index (χ0n) is 31.3. The average Bonchev–Trinajstić information content (AvgIpc) is 3.96.